The Kier molecular flexibility index (Phi) is 3.61. The van der Waals surface area contributed by atoms with Crippen LogP contribution in [0.2, 0.25) is 0 Å². The molecular formula is C16H24N5O+. The molecule has 0 radical (unpaired) electrons. The van der Waals surface area contributed by atoms with Crippen molar-refractivity contribution >= 4 is 0 Å². The van der Waals surface area contributed by atoms with Crippen LogP contribution < -0.4 is 15.4 Å². The highest BCUT2D eigenvalue weighted by atomic mass is 16.5. The molecule has 2 aliphatic heterocycles. The number of fused-ring (bicyclic) bond motifs is 2. The highest BCUT2D eigenvalue weighted by Crippen LogP contribution is 2.50. The fourth-order valence-electron chi connectivity index (χ4n) is 4.18. The van der Waals surface area contributed by atoms with Gasteiger partial charge in [-0.25, -0.2) is 0 Å². The van der Waals surface area contributed by atoms with Gasteiger partial charge < -0.3 is 15.4 Å². The summed E-state index contributed by atoms with van der Waals surface area (Å²) < 4.78 is 5.65. The van der Waals surface area contributed by atoms with Crippen molar-refractivity contribution in [2.75, 3.05) is 20.1 Å². The molecule has 2 aliphatic rings. The second-order valence-corrected chi connectivity index (χ2v) is 6.62. The minimum absolute atomic E-state index is 0.218. The number of aromatic nitrogens is 2. The van der Waals surface area contributed by atoms with E-state index in [4.69, 9.17) is 10.5 Å². The van der Waals surface area contributed by atoms with E-state index in [1.807, 2.05) is 0 Å². The van der Waals surface area contributed by atoms with Gasteiger partial charge in [-0.1, -0.05) is 20.3 Å². The fraction of sp³-hybridized carbons (Fsp3) is 0.625. The summed E-state index contributed by atoms with van der Waals surface area (Å²) in [6, 6.07) is 2.34. The van der Waals surface area contributed by atoms with Crippen molar-refractivity contribution in [1.29, 1.82) is 5.26 Å². The average Bonchev–Trinajstić information content (AvgIpc) is 2.86. The van der Waals surface area contributed by atoms with E-state index in [-0.39, 0.29) is 11.3 Å². The Bertz CT molecular complexity index is 656. The molecule has 3 atom stereocenters. The van der Waals surface area contributed by atoms with Crippen LogP contribution in [0.1, 0.15) is 37.9 Å². The number of aromatic amines is 1. The number of H-pyrrole nitrogens is 1. The number of rotatable bonds is 2. The predicted octanol–water partition coefficient (Wildman–Crippen LogP) is 0.241. The second kappa shape index (κ2) is 5.33. The number of nitrogens with one attached hydrogen (secondary N) is 2. The molecule has 6 heteroatoms. The topological polar surface area (TPSA) is 92.2 Å². The van der Waals surface area contributed by atoms with Crippen molar-refractivity contribution in [1.82, 2.24) is 10.2 Å². The van der Waals surface area contributed by atoms with Gasteiger partial charge in [0.05, 0.1) is 25.6 Å². The first-order valence-corrected chi connectivity index (χ1v) is 8.01. The molecule has 118 valence electrons. The zero-order valence-electron chi connectivity index (χ0n) is 13.5. The van der Waals surface area contributed by atoms with E-state index in [2.05, 4.69) is 37.2 Å². The lowest BCUT2D eigenvalue weighted by Gasteiger charge is -2.45. The summed E-state index contributed by atoms with van der Waals surface area (Å²) in [6.07, 6.45) is 2.82. The van der Waals surface area contributed by atoms with Gasteiger partial charge in [-0.2, -0.15) is 5.26 Å². The van der Waals surface area contributed by atoms with Crippen molar-refractivity contribution in [2.45, 2.75) is 38.5 Å². The summed E-state index contributed by atoms with van der Waals surface area (Å²) in [5.74, 6) is 1.09. The third-order valence-electron chi connectivity index (χ3n) is 5.21. The van der Waals surface area contributed by atoms with Crippen LogP contribution in [0.25, 0.3) is 0 Å². The first kappa shape index (κ1) is 14.9. The molecular weight excluding hydrogens is 278 g/mol. The fourth-order valence-corrected chi connectivity index (χ4v) is 4.18. The van der Waals surface area contributed by atoms with Crippen LogP contribution in [-0.4, -0.2) is 30.3 Å². The van der Waals surface area contributed by atoms with E-state index in [0.29, 0.717) is 17.4 Å². The third kappa shape index (κ3) is 1.92. The minimum atomic E-state index is -0.358. The molecule has 0 bridgehead atoms. The number of aryl methyl sites for hydroxylation is 1. The molecule has 1 spiro atoms. The van der Waals surface area contributed by atoms with Gasteiger partial charge in [0.15, 0.2) is 0 Å². The van der Waals surface area contributed by atoms with E-state index in [1.165, 1.54) is 4.90 Å². The number of hydrogen-bond donors (Lipinski definition) is 3. The smallest absolute Gasteiger partial charge is 0.244 e. The van der Waals surface area contributed by atoms with Crippen molar-refractivity contribution in [3.63, 3.8) is 0 Å². The van der Waals surface area contributed by atoms with Crippen LogP contribution in [0.4, 0.5) is 0 Å². The highest BCUT2D eigenvalue weighted by Gasteiger charge is 2.53. The van der Waals surface area contributed by atoms with Gasteiger partial charge in [0.2, 0.25) is 11.8 Å². The summed E-state index contributed by atoms with van der Waals surface area (Å²) in [5, 5.41) is 17.2. The lowest BCUT2D eigenvalue weighted by atomic mass is 9.61. The van der Waals surface area contributed by atoms with Crippen molar-refractivity contribution in [3.8, 4) is 11.9 Å². The summed E-state index contributed by atoms with van der Waals surface area (Å²) in [7, 11) is 2.20. The van der Waals surface area contributed by atoms with Crippen molar-refractivity contribution in [3.05, 3.63) is 22.7 Å². The largest absolute Gasteiger partial charge is 0.420 e. The van der Waals surface area contributed by atoms with Crippen LogP contribution in [0.3, 0.4) is 0 Å². The number of hydrogen-bond acceptors (Lipinski definition) is 4. The Morgan fingerprint density at radius 1 is 1.59 bits per heavy atom. The standard InChI is InChI=1S/C16H23N5O/c1-4-5-12-13-15(20-19-12)22-14(18)11(8-17)16(13)6-7-21(3)9-10(16)2/h10H,4-7,9,18H2,1-3H3,(H,19,20)/p+1/t10-,16+/m0/s1. The van der Waals surface area contributed by atoms with E-state index >= 15 is 0 Å². The second-order valence-electron chi connectivity index (χ2n) is 6.62. The lowest BCUT2D eigenvalue weighted by molar-refractivity contribution is -0.890. The number of nitriles is 1. The van der Waals surface area contributed by atoms with E-state index in [0.717, 1.165) is 43.6 Å². The predicted molar refractivity (Wildman–Crippen MR) is 82.1 cm³/mol. The Labute approximate surface area is 130 Å². The number of allylic oxidation sites excluding steroid dienone is 1. The monoisotopic (exact) mass is 302 g/mol. The number of nitrogens with zero attached hydrogens (tertiary/aromatic N) is 2. The molecule has 1 fully saturated rings. The van der Waals surface area contributed by atoms with Gasteiger partial charge in [-0.15, -0.1) is 5.10 Å². The molecule has 4 N–H and O–H groups in total. The van der Waals surface area contributed by atoms with Gasteiger partial charge in [-0.05, 0) is 6.42 Å². The summed E-state index contributed by atoms with van der Waals surface area (Å²) in [4.78, 5) is 1.49. The zero-order chi connectivity index (χ0) is 15.9. The number of ether oxygens (including phenoxy) is 1. The molecule has 1 aromatic rings. The van der Waals surface area contributed by atoms with Gasteiger partial charge in [0.1, 0.15) is 11.6 Å². The lowest BCUT2D eigenvalue weighted by Crippen LogP contribution is -3.11. The van der Waals surface area contributed by atoms with Crippen LogP contribution in [-0.2, 0) is 11.8 Å². The highest BCUT2D eigenvalue weighted by molar-refractivity contribution is 5.55. The molecule has 6 nitrogen and oxygen atoms in total. The number of likely N-dealkylation sites (tertiary alicyclic amines) is 1. The molecule has 3 rings (SSSR count). The molecule has 1 aromatic heterocycles. The molecule has 1 unspecified atom stereocenters. The maximum absolute atomic E-state index is 9.74. The Morgan fingerprint density at radius 3 is 3.00 bits per heavy atom. The number of quaternary nitrogens is 1. The van der Waals surface area contributed by atoms with Crippen molar-refractivity contribution < 1.29 is 9.64 Å². The van der Waals surface area contributed by atoms with Gasteiger partial charge in [0, 0.05) is 23.6 Å². The molecule has 0 saturated carbocycles. The van der Waals surface area contributed by atoms with Crippen LogP contribution in [0, 0.1) is 17.2 Å². The average molecular weight is 302 g/mol. The van der Waals surface area contributed by atoms with Crippen molar-refractivity contribution in [2.24, 2.45) is 11.7 Å². The maximum atomic E-state index is 9.74. The maximum Gasteiger partial charge on any atom is 0.244 e. The summed E-state index contributed by atoms with van der Waals surface area (Å²) in [6.45, 7) is 6.37. The molecule has 1 saturated heterocycles. The first-order chi connectivity index (χ1) is 10.5. The quantitative estimate of drug-likeness (QED) is 0.730. The van der Waals surface area contributed by atoms with Gasteiger partial charge >= 0.3 is 0 Å². The molecule has 22 heavy (non-hydrogen) atoms. The number of nitrogens with two attached hydrogens (primary N) is 1. The Hall–Kier alpha value is -2.00. The number of piperidine rings is 1. The zero-order valence-corrected chi connectivity index (χ0v) is 13.5. The first-order valence-electron chi connectivity index (χ1n) is 8.01. The molecule has 0 amide bonds. The van der Waals surface area contributed by atoms with E-state index in [1.54, 1.807) is 0 Å². The van der Waals surface area contributed by atoms with Crippen LogP contribution in [0.15, 0.2) is 11.5 Å². The van der Waals surface area contributed by atoms with Crippen LogP contribution in [0.5, 0.6) is 5.88 Å². The van der Waals surface area contributed by atoms with Gasteiger partial charge in [0.25, 0.3) is 0 Å². The van der Waals surface area contributed by atoms with E-state index < -0.39 is 0 Å². The summed E-state index contributed by atoms with van der Waals surface area (Å²) in [5.41, 5.74) is 8.45. The van der Waals surface area contributed by atoms with Gasteiger partial charge in [-0.3, -0.25) is 5.10 Å². The molecule has 0 aliphatic carbocycles. The Morgan fingerprint density at radius 2 is 2.36 bits per heavy atom. The third-order valence-corrected chi connectivity index (χ3v) is 5.21. The SMILES string of the molecule is CCCc1[nH]nc2c1[C@@]1(CC[NH+](C)C[C@@H]1C)C(C#N)=C(N)O2. The normalized spacial score (nSPS) is 30.8. The molecule has 3 heterocycles. The Balaban J connectivity index is 2.21. The van der Waals surface area contributed by atoms with Crippen LogP contribution >= 0.6 is 0 Å². The minimum Gasteiger partial charge on any atom is -0.420 e. The van der Waals surface area contributed by atoms with E-state index in [9.17, 15) is 5.26 Å². The summed E-state index contributed by atoms with van der Waals surface area (Å²) >= 11 is 0. The molecule has 0 aromatic carbocycles.